The van der Waals surface area contributed by atoms with Gasteiger partial charge in [0.25, 0.3) is 0 Å². The number of hydrogen-bond donors (Lipinski definition) is 1. The van der Waals surface area contributed by atoms with E-state index in [0.717, 1.165) is 22.4 Å². The highest BCUT2D eigenvalue weighted by atomic mass is 16.5. The fourth-order valence-corrected chi connectivity index (χ4v) is 2.35. The van der Waals surface area contributed by atoms with E-state index in [1.54, 1.807) is 12.3 Å². The van der Waals surface area contributed by atoms with Crippen molar-refractivity contribution in [2.24, 2.45) is 0 Å². The summed E-state index contributed by atoms with van der Waals surface area (Å²) in [6.07, 6.45) is 1.73. The lowest BCUT2D eigenvalue weighted by Crippen LogP contribution is -2.00. The lowest BCUT2D eigenvalue weighted by atomic mass is 10.0. The molecular formula is C20H17NO3. The van der Waals surface area contributed by atoms with Gasteiger partial charge in [-0.1, -0.05) is 36.4 Å². The normalized spacial score (nSPS) is 10.4. The second-order valence-electron chi connectivity index (χ2n) is 5.51. The molecule has 0 aliphatic rings. The lowest BCUT2D eigenvalue weighted by molar-refractivity contribution is 0.0696. The number of benzene rings is 2. The summed E-state index contributed by atoms with van der Waals surface area (Å²) in [5.74, 6) is -0.462. The number of rotatable bonds is 5. The predicted octanol–water partition coefficient (Wildman–Crippen LogP) is 4.33. The van der Waals surface area contributed by atoms with Gasteiger partial charge in [-0.05, 0) is 42.3 Å². The number of pyridine rings is 1. The maximum absolute atomic E-state index is 11.4. The molecule has 0 unspecified atom stereocenters. The number of carboxylic acid groups (broad SMARTS) is 1. The molecule has 0 spiro atoms. The van der Waals surface area contributed by atoms with Crippen molar-refractivity contribution in [2.75, 3.05) is 0 Å². The van der Waals surface area contributed by atoms with Gasteiger partial charge in [-0.3, -0.25) is 4.98 Å². The van der Waals surface area contributed by atoms with Crippen molar-refractivity contribution in [3.8, 4) is 16.9 Å². The first-order chi connectivity index (χ1) is 11.6. The van der Waals surface area contributed by atoms with Crippen LogP contribution in [0.2, 0.25) is 0 Å². The van der Waals surface area contributed by atoms with Gasteiger partial charge in [-0.15, -0.1) is 0 Å². The fourth-order valence-electron chi connectivity index (χ4n) is 2.35. The van der Waals surface area contributed by atoms with E-state index in [1.165, 1.54) is 6.07 Å². The average Bonchev–Trinajstić information content (AvgIpc) is 2.61. The van der Waals surface area contributed by atoms with Gasteiger partial charge in [0.05, 0.1) is 5.56 Å². The van der Waals surface area contributed by atoms with Crippen LogP contribution in [-0.4, -0.2) is 16.1 Å². The monoisotopic (exact) mass is 319 g/mol. The first kappa shape index (κ1) is 15.7. The summed E-state index contributed by atoms with van der Waals surface area (Å²) in [6, 6.07) is 18.6. The fraction of sp³-hybridized carbons (Fsp3) is 0.100. The Morgan fingerprint density at radius 2 is 1.83 bits per heavy atom. The number of aromatic carboxylic acids is 1. The zero-order chi connectivity index (χ0) is 16.9. The van der Waals surface area contributed by atoms with Gasteiger partial charge in [0, 0.05) is 17.5 Å². The number of hydrogen-bond acceptors (Lipinski definition) is 3. The van der Waals surface area contributed by atoms with Gasteiger partial charge in [0.2, 0.25) is 0 Å². The van der Waals surface area contributed by atoms with E-state index in [0.29, 0.717) is 12.4 Å². The molecule has 0 aliphatic heterocycles. The summed E-state index contributed by atoms with van der Waals surface area (Å²) in [4.78, 5) is 15.7. The smallest absolute Gasteiger partial charge is 0.335 e. The molecule has 0 bridgehead atoms. The Kier molecular flexibility index (Phi) is 4.57. The Hall–Kier alpha value is -3.14. The van der Waals surface area contributed by atoms with E-state index in [1.807, 2.05) is 55.5 Å². The van der Waals surface area contributed by atoms with Crippen LogP contribution in [0.5, 0.6) is 5.75 Å². The van der Waals surface area contributed by atoms with Crippen LogP contribution in [0.15, 0.2) is 66.9 Å². The van der Waals surface area contributed by atoms with Gasteiger partial charge >= 0.3 is 5.97 Å². The Balaban J connectivity index is 1.91. The summed E-state index contributed by atoms with van der Waals surface area (Å²) in [6.45, 7) is 2.29. The van der Waals surface area contributed by atoms with E-state index in [-0.39, 0.29) is 5.56 Å². The molecule has 24 heavy (non-hydrogen) atoms. The van der Waals surface area contributed by atoms with E-state index < -0.39 is 5.97 Å². The Labute approximate surface area is 140 Å². The van der Waals surface area contributed by atoms with Crippen molar-refractivity contribution in [3.63, 3.8) is 0 Å². The largest absolute Gasteiger partial charge is 0.489 e. The van der Waals surface area contributed by atoms with Gasteiger partial charge in [-0.25, -0.2) is 4.79 Å². The van der Waals surface area contributed by atoms with Crippen molar-refractivity contribution in [1.29, 1.82) is 0 Å². The Morgan fingerprint density at radius 3 is 2.50 bits per heavy atom. The molecule has 0 saturated heterocycles. The molecule has 0 saturated carbocycles. The number of carbonyl (C=O) groups is 1. The maximum Gasteiger partial charge on any atom is 0.335 e. The second kappa shape index (κ2) is 6.96. The molecule has 4 heteroatoms. The molecule has 3 rings (SSSR count). The molecule has 0 amide bonds. The minimum atomic E-state index is -0.985. The zero-order valence-electron chi connectivity index (χ0n) is 13.3. The maximum atomic E-state index is 11.4. The third-order valence-electron chi connectivity index (χ3n) is 3.65. The third-order valence-corrected chi connectivity index (χ3v) is 3.65. The molecule has 2 aromatic carbocycles. The van der Waals surface area contributed by atoms with Crippen LogP contribution in [-0.2, 0) is 6.61 Å². The molecule has 1 N–H and O–H groups in total. The Morgan fingerprint density at radius 1 is 1.04 bits per heavy atom. The molecule has 0 fully saturated rings. The van der Waals surface area contributed by atoms with Crippen molar-refractivity contribution in [1.82, 2.24) is 4.98 Å². The summed E-state index contributed by atoms with van der Waals surface area (Å²) in [5, 5.41) is 9.34. The van der Waals surface area contributed by atoms with Crippen LogP contribution in [0.25, 0.3) is 11.1 Å². The molecule has 1 aromatic heterocycles. The van der Waals surface area contributed by atoms with Crippen LogP contribution in [0.1, 0.15) is 21.6 Å². The number of ether oxygens (including phenoxy) is 1. The number of nitrogens with zero attached hydrogens (tertiary/aromatic N) is 1. The molecule has 0 radical (unpaired) electrons. The molecule has 4 nitrogen and oxygen atoms in total. The Bertz CT molecular complexity index is 843. The minimum Gasteiger partial charge on any atom is -0.489 e. The van der Waals surface area contributed by atoms with Crippen molar-refractivity contribution in [3.05, 3.63) is 83.7 Å². The quantitative estimate of drug-likeness (QED) is 0.760. The number of aryl methyl sites for hydroxylation is 1. The summed E-state index contributed by atoms with van der Waals surface area (Å²) >= 11 is 0. The second-order valence-corrected chi connectivity index (χ2v) is 5.51. The van der Waals surface area contributed by atoms with E-state index in [2.05, 4.69) is 4.98 Å². The van der Waals surface area contributed by atoms with E-state index >= 15 is 0 Å². The standard InChI is InChI=1S/C20H17NO3/c1-14-7-8-16(12-21-14)17-9-18(20(22)23)11-19(10-17)24-13-15-5-3-2-4-6-15/h2-12H,13H2,1H3,(H,22,23). The minimum absolute atomic E-state index is 0.191. The molecular weight excluding hydrogens is 302 g/mol. The summed E-state index contributed by atoms with van der Waals surface area (Å²) in [7, 11) is 0. The van der Waals surface area contributed by atoms with Gasteiger partial charge < -0.3 is 9.84 Å². The van der Waals surface area contributed by atoms with Gasteiger partial charge in [0.1, 0.15) is 12.4 Å². The van der Waals surface area contributed by atoms with Crippen LogP contribution in [0.3, 0.4) is 0 Å². The highest BCUT2D eigenvalue weighted by molar-refractivity contribution is 5.90. The zero-order valence-corrected chi connectivity index (χ0v) is 13.3. The van der Waals surface area contributed by atoms with Gasteiger partial charge in [-0.2, -0.15) is 0 Å². The van der Waals surface area contributed by atoms with Crippen LogP contribution >= 0.6 is 0 Å². The van der Waals surface area contributed by atoms with E-state index in [9.17, 15) is 9.90 Å². The predicted molar refractivity (Wildman–Crippen MR) is 92.1 cm³/mol. The lowest BCUT2D eigenvalue weighted by Gasteiger charge is -2.10. The topological polar surface area (TPSA) is 59.4 Å². The number of carboxylic acids is 1. The number of aromatic nitrogens is 1. The molecule has 120 valence electrons. The van der Waals surface area contributed by atoms with Gasteiger partial charge in [0.15, 0.2) is 0 Å². The van der Waals surface area contributed by atoms with Crippen molar-refractivity contribution in [2.45, 2.75) is 13.5 Å². The van der Waals surface area contributed by atoms with Crippen LogP contribution in [0, 0.1) is 6.92 Å². The average molecular weight is 319 g/mol. The first-order valence-corrected chi connectivity index (χ1v) is 7.60. The summed E-state index contributed by atoms with van der Waals surface area (Å²) < 4.78 is 5.79. The first-order valence-electron chi connectivity index (χ1n) is 7.60. The highest BCUT2D eigenvalue weighted by Crippen LogP contribution is 2.26. The van der Waals surface area contributed by atoms with Crippen molar-refractivity contribution < 1.29 is 14.6 Å². The summed E-state index contributed by atoms with van der Waals surface area (Å²) in [5.41, 5.74) is 3.75. The van der Waals surface area contributed by atoms with Crippen molar-refractivity contribution >= 4 is 5.97 Å². The molecule has 0 aliphatic carbocycles. The molecule has 0 atom stereocenters. The van der Waals surface area contributed by atoms with E-state index in [4.69, 9.17) is 4.74 Å². The third kappa shape index (κ3) is 3.79. The SMILES string of the molecule is Cc1ccc(-c2cc(OCc3ccccc3)cc(C(=O)O)c2)cn1. The highest BCUT2D eigenvalue weighted by Gasteiger charge is 2.10. The van der Waals surface area contributed by atoms with Crippen LogP contribution in [0.4, 0.5) is 0 Å². The molecule has 1 heterocycles. The molecule has 3 aromatic rings. The van der Waals surface area contributed by atoms with Crippen LogP contribution < -0.4 is 4.74 Å².